The minimum Gasteiger partial charge on any atom is -0.481 e. The molecule has 0 radical (unpaired) electrons. The molecule has 2 unspecified atom stereocenters. The van der Waals surface area contributed by atoms with Crippen LogP contribution in [0.2, 0.25) is 3.67 Å². The molecular weight excluding hydrogens is 815 g/mol. The Kier molecular flexibility index (Phi) is 45.7. The molecule has 0 amide bonds. The fourth-order valence-electron chi connectivity index (χ4n) is 3.27. The first kappa shape index (κ1) is 64.9. The van der Waals surface area contributed by atoms with Gasteiger partial charge in [0.1, 0.15) is 0 Å². The third-order valence-corrected chi connectivity index (χ3v) is 6.72. The predicted octanol–water partition coefficient (Wildman–Crippen LogP) is 0.342. The van der Waals surface area contributed by atoms with Crippen molar-refractivity contribution >= 4 is 92.1 Å². The zero-order chi connectivity index (χ0) is 46.4. The van der Waals surface area contributed by atoms with Crippen LogP contribution in [0.25, 0.3) is 0 Å². The van der Waals surface area contributed by atoms with Crippen LogP contribution in [0.15, 0.2) is 0 Å². The van der Waals surface area contributed by atoms with Crippen molar-refractivity contribution in [2.45, 2.75) is 131 Å². The number of unbranched alkanes of at least 4 members (excludes halogenated alkanes) is 10. The first-order valence-electron chi connectivity index (χ1n) is 16.7. The number of hydrogen-bond acceptors (Lipinski definition) is 14. The van der Waals surface area contributed by atoms with Gasteiger partial charge in [-0.1, -0.05) is 0 Å². The Morgan fingerprint density at radius 1 is 0.509 bits per heavy atom. The van der Waals surface area contributed by atoms with Crippen LogP contribution in [0.1, 0.15) is 110 Å². The van der Waals surface area contributed by atoms with E-state index in [0.717, 1.165) is 0 Å². The van der Waals surface area contributed by atoms with Crippen molar-refractivity contribution in [2.24, 2.45) is 0 Å². The van der Waals surface area contributed by atoms with E-state index in [1.807, 2.05) is 0 Å². The van der Waals surface area contributed by atoms with Crippen LogP contribution in [0.3, 0.4) is 0 Å². The van der Waals surface area contributed by atoms with E-state index in [-0.39, 0.29) is 12.8 Å². The fraction of sp³-hybridized carbons (Fsp3) is 0.700. The molecule has 0 aromatic rings. The smallest absolute Gasteiger partial charge is 0.414 e. The molecule has 0 saturated carbocycles. The van der Waals surface area contributed by atoms with Gasteiger partial charge in [-0.25, -0.2) is 24.0 Å². The van der Waals surface area contributed by atoms with E-state index >= 15 is 0 Å². The minimum absolute atomic E-state index is 0.0628. The maximum atomic E-state index is 10.3. The number of aliphatic hydroxyl groups is 3. The van der Waals surface area contributed by atoms with E-state index < -0.39 is 94.8 Å². The summed E-state index contributed by atoms with van der Waals surface area (Å²) in [5.41, 5.74) is -2.74. The standard InChI is InChI=1S/C12H25.C6H8O7.C6H10O4.C4H6O6.C2H2O4.Na.H2O4S/c1-3-5-7-9-11-12-10-8-6-4-2;7-3(8)1-6(13,5(11)12)2-4(9)10;7-5(8)3-1-2-4-6(9)10;5-1(3(7)8)2(6)4(9)10;3-1(4)2(5)6;;1-5(2,3)4/h1,3-12H2,2H3;13H,1-2H2,(H,7,8)(H,9,10)(H,11,12);1-4H2,(H,7,8)(H,9,10);1-2,5-6H,(H,7,8)(H,9,10);(H,3,4)(H,5,6);;(H2,1,2,3,4). The number of carbonyl (C=O) groups is 9. The Hall–Kier alpha value is -4.02. The molecule has 0 aromatic carbocycles. The van der Waals surface area contributed by atoms with Crippen molar-refractivity contribution < 1.29 is 122 Å². The number of carboxylic acid groups (broad SMARTS) is 9. The molecule has 0 heterocycles. The van der Waals surface area contributed by atoms with Crippen molar-refractivity contribution in [3.63, 3.8) is 0 Å². The van der Waals surface area contributed by atoms with E-state index in [0.29, 0.717) is 12.8 Å². The molecule has 330 valence electrons. The van der Waals surface area contributed by atoms with Crippen molar-refractivity contribution in [1.82, 2.24) is 0 Å². The third-order valence-electron chi connectivity index (χ3n) is 6.01. The first-order valence-corrected chi connectivity index (χ1v) is 19.5. The molecule has 25 nitrogen and oxygen atoms in total. The number of aliphatic hydroxyl groups excluding tert-OH is 2. The molecule has 0 spiro atoms. The van der Waals surface area contributed by atoms with Gasteiger partial charge in [0.2, 0.25) is 0 Å². The number of carboxylic acids is 9. The van der Waals surface area contributed by atoms with Crippen LogP contribution in [0.4, 0.5) is 0 Å². The molecular formula is C30H53NaO25S. The fourth-order valence-corrected chi connectivity index (χ4v) is 3.77. The van der Waals surface area contributed by atoms with Crippen LogP contribution < -0.4 is 0 Å². The van der Waals surface area contributed by atoms with Crippen LogP contribution >= 0.6 is 0 Å². The topological polar surface area (TPSA) is 471 Å². The molecule has 0 saturated heterocycles. The molecule has 0 aliphatic heterocycles. The van der Waals surface area contributed by atoms with Crippen molar-refractivity contribution in [2.75, 3.05) is 0 Å². The summed E-state index contributed by atoms with van der Waals surface area (Å²) >= 11 is 1.41. The van der Waals surface area contributed by atoms with Gasteiger partial charge < -0.3 is 61.3 Å². The van der Waals surface area contributed by atoms with E-state index in [1.165, 1.54) is 95.8 Å². The quantitative estimate of drug-likeness (QED) is 0.0285. The zero-order valence-electron chi connectivity index (χ0n) is 31.3. The summed E-state index contributed by atoms with van der Waals surface area (Å²) in [4.78, 5) is 88.0. The second-order valence-electron chi connectivity index (χ2n) is 11.3. The molecule has 0 aliphatic carbocycles. The summed E-state index contributed by atoms with van der Waals surface area (Å²) in [5.74, 6) is -13.9. The number of hydrogen-bond donors (Lipinski definition) is 14. The Bertz CT molecular complexity index is 1220. The van der Waals surface area contributed by atoms with E-state index in [1.54, 1.807) is 0 Å². The van der Waals surface area contributed by atoms with Gasteiger partial charge in [-0.15, -0.1) is 0 Å². The van der Waals surface area contributed by atoms with E-state index in [4.69, 9.17) is 88.4 Å². The van der Waals surface area contributed by atoms with Gasteiger partial charge >= 0.3 is 167 Å². The van der Waals surface area contributed by atoms with Crippen LogP contribution in [-0.2, 0) is 53.5 Å². The van der Waals surface area contributed by atoms with Crippen LogP contribution in [0, 0.1) is 0 Å². The van der Waals surface area contributed by atoms with Crippen molar-refractivity contribution in [3.05, 3.63) is 0 Å². The molecule has 0 bridgehead atoms. The Labute approximate surface area is 344 Å². The summed E-state index contributed by atoms with van der Waals surface area (Å²) in [6.07, 6.45) is 8.94. The second kappa shape index (κ2) is 40.2. The van der Waals surface area contributed by atoms with Crippen LogP contribution in [0.5, 0.6) is 0 Å². The molecule has 27 heteroatoms. The second-order valence-corrected chi connectivity index (χ2v) is 13.2. The maximum absolute atomic E-state index is 10.3. The molecule has 0 fully saturated rings. The van der Waals surface area contributed by atoms with Crippen molar-refractivity contribution in [3.8, 4) is 0 Å². The first-order chi connectivity index (χ1) is 25.9. The predicted molar refractivity (Wildman–Crippen MR) is 190 cm³/mol. The Morgan fingerprint density at radius 3 is 0.947 bits per heavy atom. The zero-order valence-corrected chi connectivity index (χ0v) is 34.2. The molecule has 0 aliphatic rings. The average molecular weight is 869 g/mol. The number of rotatable bonds is 23. The molecule has 2 atom stereocenters. The minimum atomic E-state index is -4.67. The van der Waals surface area contributed by atoms with E-state index in [2.05, 4.69) is 6.92 Å². The van der Waals surface area contributed by atoms with Gasteiger partial charge in [-0.05, 0) is 12.8 Å². The van der Waals surface area contributed by atoms with E-state index in [9.17, 15) is 33.6 Å². The summed E-state index contributed by atoms with van der Waals surface area (Å²) in [5, 5.41) is 97.4. The molecule has 57 heavy (non-hydrogen) atoms. The molecule has 0 aromatic heterocycles. The third kappa shape index (κ3) is 64.2. The van der Waals surface area contributed by atoms with Gasteiger partial charge in [0.05, 0.1) is 12.8 Å². The van der Waals surface area contributed by atoms with Gasteiger partial charge in [0, 0.05) is 12.8 Å². The largest absolute Gasteiger partial charge is 0.481 e. The SMILES string of the molecule is CCCCCCCCCCC[CH2][Na].O=C(O)C(=O)O.O=C(O)C(O)C(O)C(=O)O.O=C(O)CC(O)(CC(=O)O)C(=O)O.O=C(O)CCCCC(=O)O.O=S(=O)(O)O. The van der Waals surface area contributed by atoms with Crippen LogP contribution in [-0.4, -0.2) is 178 Å². The normalized spacial score (nSPS) is 11.1. The molecule has 0 rings (SSSR count). The monoisotopic (exact) mass is 868 g/mol. The van der Waals surface area contributed by atoms with Crippen molar-refractivity contribution in [1.29, 1.82) is 0 Å². The average Bonchev–Trinajstić information content (AvgIpc) is 3.04. The summed E-state index contributed by atoms with van der Waals surface area (Å²) in [6, 6.07) is 0. The van der Waals surface area contributed by atoms with Gasteiger partial charge in [-0.2, -0.15) is 8.42 Å². The summed E-state index contributed by atoms with van der Waals surface area (Å²) < 4.78 is 33.1. The summed E-state index contributed by atoms with van der Waals surface area (Å²) in [7, 11) is -4.67. The Morgan fingerprint density at radius 2 is 0.772 bits per heavy atom. The maximum Gasteiger partial charge on any atom is 0.414 e. The van der Waals surface area contributed by atoms with Gasteiger partial charge in [-0.3, -0.25) is 28.3 Å². The summed E-state index contributed by atoms with van der Waals surface area (Å²) in [6.45, 7) is 2.29. The Balaban J connectivity index is -0.000000141. The molecule has 14 N–H and O–H groups in total. The van der Waals surface area contributed by atoms with Gasteiger partial charge in [0.15, 0.2) is 17.8 Å². The van der Waals surface area contributed by atoms with Gasteiger partial charge in [0.25, 0.3) is 0 Å². The number of aliphatic carboxylic acids is 9.